The average molecular weight is 319 g/mol. The van der Waals surface area contributed by atoms with E-state index in [9.17, 15) is 13.2 Å². The van der Waals surface area contributed by atoms with Crippen LogP contribution < -0.4 is 0 Å². The van der Waals surface area contributed by atoms with Crippen LogP contribution in [0.1, 0.15) is 12.8 Å². The minimum absolute atomic E-state index is 0.110. The van der Waals surface area contributed by atoms with Gasteiger partial charge in [-0.25, -0.2) is 12.7 Å². The first kappa shape index (κ1) is 16.7. The number of hydrogen-bond acceptors (Lipinski definition) is 5. The molecule has 2 aliphatic rings. The standard InChI is InChI=1S/C13H25N3O4S/c1-21(19,20)16-4-2-3-12(10-16)9-14-5-7-15(8-6-14)11-13(17)18/h12H,2-11H2,1H3,(H,17,18). The lowest BCUT2D eigenvalue weighted by molar-refractivity contribution is -0.138. The van der Waals surface area contributed by atoms with Crippen molar-refractivity contribution in [2.45, 2.75) is 12.8 Å². The third kappa shape index (κ3) is 5.21. The summed E-state index contributed by atoms with van der Waals surface area (Å²) < 4.78 is 24.8. The Balaban J connectivity index is 1.77. The smallest absolute Gasteiger partial charge is 0.317 e. The maximum absolute atomic E-state index is 11.6. The van der Waals surface area contributed by atoms with E-state index < -0.39 is 16.0 Å². The summed E-state index contributed by atoms with van der Waals surface area (Å²) in [6.07, 6.45) is 3.28. The first-order valence-electron chi connectivity index (χ1n) is 7.46. The van der Waals surface area contributed by atoms with Gasteiger partial charge in [0.15, 0.2) is 0 Å². The number of hydrogen-bond donors (Lipinski definition) is 1. The topological polar surface area (TPSA) is 81.2 Å². The van der Waals surface area contributed by atoms with Gasteiger partial charge in [0.25, 0.3) is 0 Å². The summed E-state index contributed by atoms with van der Waals surface area (Å²) in [6, 6.07) is 0. The van der Waals surface area contributed by atoms with E-state index in [0.717, 1.165) is 45.6 Å². The minimum atomic E-state index is -3.08. The summed E-state index contributed by atoms with van der Waals surface area (Å²) in [5.74, 6) is -0.390. The molecule has 2 fully saturated rings. The van der Waals surface area contributed by atoms with E-state index in [2.05, 4.69) is 4.90 Å². The van der Waals surface area contributed by atoms with Gasteiger partial charge in [0, 0.05) is 45.8 Å². The van der Waals surface area contributed by atoms with Crippen LogP contribution in [0.5, 0.6) is 0 Å². The Labute approximate surface area is 126 Å². The van der Waals surface area contributed by atoms with E-state index in [1.54, 1.807) is 4.31 Å². The number of rotatable bonds is 5. The highest BCUT2D eigenvalue weighted by Gasteiger charge is 2.28. The van der Waals surface area contributed by atoms with Crippen LogP contribution in [-0.2, 0) is 14.8 Å². The van der Waals surface area contributed by atoms with E-state index in [4.69, 9.17) is 5.11 Å². The highest BCUT2D eigenvalue weighted by Crippen LogP contribution is 2.20. The molecule has 7 nitrogen and oxygen atoms in total. The molecule has 0 spiro atoms. The molecule has 2 rings (SSSR count). The van der Waals surface area contributed by atoms with E-state index in [1.807, 2.05) is 4.90 Å². The lowest BCUT2D eigenvalue weighted by atomic mass is 9.99. The van der Waals surface area contributed by atoms with Crippen LogP contribution in [0.25, 0.3) is 0 Å². The molecule has 122 valence electrons. The van der Waals surface area contributed by atoms with Crippen molar-refractivity contribution in [1.29, 1.82) is 0 Å². The van der Waals surface area contributed by atoms with Crippen LogP contribution >= 0.6 is 0 Å². The van der Waals surface area contributed by atoms with E-state index >= 15 is 0 Å². The van der Waals surface area contributed by atoms with Gasteiger partial charge in [-0.1, -0.05) is 0 Å². The highest BCUT2D eigenvalue weighted by molar-refractivity contribution is 7.88. The van der Waals surface area contributed by atoms with E-state index in [0.29, 0.717) is 19.0 Å². The molecular weight excluding hydrogens is 294 g/mol. The molecule has 0 bridgehead atoms. The van der Waals surface area contributed by atoms with Crippen LogP contribution in [0.15, 0.2) is 0 Å². The largest absolute Gasteiger partial charge is 0.480 e. The molecule has 1 unspecified atom stereocenters. The van der Waals surface area contributed by atoms with Gasteiger partial charge in [-0.3, -0.25) is 9.69 Å². The number of sulfonamides is 1. The van der Waals surface area contributed by atoms with Crippen molar-refractivity contribution in [2.75, 3.05) is 58.6 Å². The van der Waals surface area contributed by atoms with Gasteiger partial charge in [0.2, 0.25) is 10.0 Å². The molecule has 0 aromatic carbocycles. The summed E-state index contributed by atoms with van der Waals surface area (Å²) in [4.78, 5) is 15.0. The van der Waals surface area contributed by atoms with Crippen molar-refractivity contribution < 1.29 is 18.3 Å². The summed E-state index contributed by atoms with van der Waals surface area (Å²) in [5.41, 5.74) is 0. The zero-order valence-electron chi connectivity index (χ0n) is 12.6. The monoisotopic (exact) mass is 319 g/mol. The quantitative estimate of drug-likeness (QED) is 0.726. The number of carbonyl (C=O) groups is 1. The molecular formula is C13H25N3O4S. The number of carboxylic acid groups (broad SMARTS) is 1. The zero-order valence-corrected chi connectivity index (χ0v) is 13.4. The summed E-state index contributed by atoms with van der Waals surface area (Å²) in [5, 5.41) is 8.78. The van der Waals surface area contributed by atoms with Crippen LogP contribution in [0.3, 0.4) is 0 Å². The lowest BCUT2D eigenvalue weighted by Crippen LogP contribution is -2.50. The van der Waals surface area contributed by atoms with Gasteiger partial charge in [0.05, 0.1) is 12.8 Å². The molecule has 0 radical (unpaired) electrons. The van der Waals surface area contributed by atoms with Crippen LogP contribution in [-0.4, -0.2) is 92.2 Å². The van der Waals surface area contributed by atoms with Gasteiger partial charge in [-0.05, 0) is 18.8 Å². The number of piperidine rings is 1. The SMILES string of the molecule is CS(=O)(=O)N1CCCC(CN2CCN(CC(=O)O)CC2)C1. The van der Waals surface area contributed by atoms with E-state index in [-0.39, 0.29) is 6.54 Å². The molecule has 1 atom stereocenters. The molecule has 0 aromatic rings. The summed E-state index contributed by atoms with van der Waals surface area (Å²) in [7, 11) is -3.08. The van der Waals surface area contributed by atoms with Gasteiger partial charge < -0.3 is 10.0 Å². The van der Waals surface area contributed by atoms with Crippen LogP contribution in [0.4, 0.5) is 0 Å². The maximum Gasteiger partial charge on any atom is 0.317 e. The Kier molecular flexibility index (Phi) is 5.59. The first-order valence-corrected chi connectivity index (χ1v) is 9.31. The van der Waals surface area contributed by atoms with Gasteiger partial charge in [-0.2, -0.15) is 0 Å². The molecule has 0 aliphatic carbocycles. The summed E-state index contributed by atoms with van der Waals surface area (Å²) in [6.45, 7) is 5.55. The van der Waals surface area contributed by atoms with Crippen molar-refractivity contribution in [3.05, 3.63) is 0 Å². The Hall–Kier alpha value is -0.700. The predicted molar refractivity (Wildman–Crippen MR) is 79.7 cm³/mol. The number of nitrogens with zero attached hydrogens (tertiary/aromatic N) is 3. The van der Waals surface area contributed by atoms with Crippen molar-refractivity contribution >= 4 is 16.0 Å². The lowest BCUT2D eigenvalue weighted by Gasteiger charge is -2.38. The molecule has 0 amide bonds. The summed E-state index contributed by atoms with van der Waals surface area (Å²) >= 11 is 0. The first-order chi connectivity index (χ1) is 9.84. The Bertz CT molecular complexity index is 460. The van der Waals surface area contributed by atoms with Crippen molar-refractivity contribution in [2.24, 2.45) is 5.92 Å². The fourth-order valence-electron chi connectivity index (χ4n) is 3.16. The minimum Gasteiger partial charge on any atom is -0.480 e. The third-order valence-corrected chi connectivity index (χ3v) is 5.56. The van der Waals surface area contributed by atoms with Gasteiger partial charge >= 0.3 is 5.97 Å². The fourth-order valence-corrected chi connectivity index (χ4v) is 4.11. The predicted octanol–water partition coefficient (Wildman–Crippen LogP) is -0.640. The molecule has 2 aliphatic heterocycles. The molecule has 21 heavy (non-hydrogen) atoms. The Morgan fingerprint density at radius 1 is 1.14 bits per heavy atom. The maximum atomic E-state index is 11.6. The third-order valence-electron chi connectivity index (χ3n) is 4.29. The van der Waals surface area contributed by atoms with Crippen molar-refractivity contribution in [1.82, 2.24) is 14.1 Å². The second-order valence-corrected chi connectivity index (χ2v) is 8.08. The number of aliphatic carboxylic acids is 1. The molecule has 8 heteroatoms. The van der Waals surface area contributed by atoms with Gasteiger partial charge in [-0.15, -0.1) is 0 Å². The highest BCUT2D eigenvalue weighted by atomic mass is 32.2. The number of piperazine rings is 1. The Morgan fingerprint density at radius 2 is 1.76 bits per heavy atom. The van der Waals surface area contributed by atoms with Crippen LogP contribution in [0, 0.1) is 5.92 Å². The molecule has 0 aromatic heterocycles. The molecule has 1 N–H and O–H groups in total. The normalized spacial score (nSPS) is 26.8. The second-order valence-electron chi connectivity index (χ2n) is 6.10. The molecule has 2 heterocycles. The van der Waals surface area contributed by atoms with E-state index in [1.165, 1.54) is 6.26 Å². The fraction of sp³-hybridized carbons (Fsp3) is 0.923. The van der Waals surface area contributed by atoms with Gasteiger partial charge in [0.1, 0.15) is 0 Å². The van der Waals surface area contributed by atoms with Crippen molar-refractivity contribution in [3.8, 4) is 0 Å². The zero-order chi connectivity index (χ0) is 15.5. The average Bonchev–Trinajstić information content (AvgIpc) is 2.40. The van der Waals surface area contributed by atoms with Crippen molar-refractivity contribution in [3.63, 3.8) is 0 Å². The van der Waals surface area contributed by atoms with Crippen LogP contribution in [0.2, 0.25) is 0 Å². The Morgan fingerprint density at radius 3 is 2.33 bits per heavy atom. The molecule has 2 saturated heterocycles. The number of carboxylic acids is 1. The molecule has 0 saturated carbocycles. The second kappa shape index (κ2) is 7.04.